The van der Waals surface area contributed by atoms with Crippen LogP contribution in [-0.4, -0.2) is 32.9 Å². The SMILES string of the molecule is Cc1ccc2ccc(-c3ccc(OC(=O)C4CC(C(=O)Oc5ccc(-c6ccc7ccc(C)cc7n6)cc5)CC(C(=O)Oc5ccc(-c6ccc7ccc(C)cc7n6)cc5)C4)cc3)nc2c1. The molecule has 10 rings (SSSR count). The van der Waals surface area contributed by atoms with Crippen LogP contribution >= 0.6 is 0 Å². The van der Waals surface area contributed by atoms with Gasteiger partial charge in [-0.05, 0) is 166 Å². The van der Waals surface area contributed by atoms with E-state index >= 15 is 0 Å². The van der Waals surface area contributed by atoms with E-state index in [4.69, 9.17) is 29.2 Å². The van der Waals surface area contributed by atoms with Crippen LogP contribution in [0.15, 0.2) is 164 Å². The second-order valence-corrected chi connectivity index (χ2v) is 17.3. The summed E-state index contributed by atoms with van der Waals surface area (Å²) in [5, 5.41) is 3.16. The molecule has 0 unspecified atom stereocenters. The molecule has 3 aromatic heterocycles. The molecule has 9 heteroatoms. The number of hydrogen-bond donors (Lipinski definition) is 0. The molecule has 1 saturated carbocycles. The van der Waals surface area contributed by atoms with Gasteiger partial charge in [0.05, 0.1) is 51.4 Å². The summed E-state index contributed by atoms with van der Waals surface area (Å²) in [6.45, 7) is 6.11. The summed E-state index contributed by atoms with van der Waals surface area (Å²) in [6, 6.07) is 52.0. The normalized spacial score (nSPS) is 16.0. The third-order valence-corrected chi connectivity index (χ3v) is 12.4. The number of pyridine rings is 3. The van der Waals surface area contributed by atoms with Gasteiger partial charge in [-0.3, -0.25) is 14.4 Å². The molecular weight excluding hydrogens is 823 g/mol. The lowest BCUT2D eigenvalue weighted by molar-refractivity contribution is -0.150. The van der Waals surface area contributed by atoms with Crippen LogP contribution in [0.3, 0.4) is 0 Å². The van der Waals surface area contributed by atoms with Crippen molar-refractivity contribution in [1.29, 1.82) is 0 Å². The van der Waals surface area contributed by atoms with Crippen LogP contribution in [0.25, 0.3) is 66.5 Å². The number of rotatable bonds is 9. The van der Waals surface area contributed by atoms with Gasteiger partial charge in [0.25, 0.3) is 0 Å². The third-order valence-electron chi connectivity index (χ3n) is 12.4. The number of fused-ring (bicyclic) bond motifs is 3. The van der Waals surface area contributed by atoms with Crippen LogP contribution in [0.5, 0.6) is 17.2 Å². The van der Waals surface area contributed by atoms with Gasteiger partial charge >= 0.3 is 17.9 Å². The van der Waals surface area contributed by atoms with E-state index in [9.17, 15) is 14.4 Å². The number of carbonyl (C=O) groups is 3. The zero-order valence-electron chi connectivity index (χ0n) is 36.7. The van der Waals surface area contributed by atoms with Crippen LogP contribution in [-0.2, 0) is 14.4 Å². The Kier molecular flexibility index (Phi) is 11.3. The molecule has 1 aliphatic rings. The predicted molar refractivity (Wildman–Crippen MR) is 257 cm³/mol. The van der Waals surface area contributed by atoms with Crippen molar-refractivity contribution in [3.05, 3.63) is 180 Å². The second-order valence-electron chi connectivity index (χ2n) is 17.3. The molecule has 1 fully saturated rings. The highest BCUT2D eigenvalue weighted by Gasteiger charge is 2.41. The van der Waals surface area contributed by atoms with Crippen molar-refractivity contribution in [1.82, 2.24) is 15.0 Å². The molecule has 0 saturated heterocycles. The first kappa shape index (κ1) is 41.9. The monoisotopic (exact) mass is 867 g/mol. The van der Waals surface area contributed by atoms with E-state index in [2.05, 4.69) is 36.4 Å². The summed E-state index contributed by atoms with van der Waals surface area (Å²) in [4.78, 5) is 56.4. The van der Waals surface area contributed by atoms with Crippen LogP contribution in [0.4, 0.5) is 0 Å². The molecule has 0 bridgehead atoms. The Bertz CT molecular complexity index is 2950. The van der Waals surface area contributed by atoms with Crippen LogP contribution < -0.4 is 14.2 Å². The highest BCUT2D eigenvalue weighted by atomic mass is 16.5. The Hall–Kier alpha value is -8.04. The van der Waals surface area contributed by atoms with Gasteiger partial charge in [-0.2, -0.15) is 0 Å². The predicted octanol–water partition coefficient (Wildman–Crippen LogP) is 12.4. The van der Waals surface area contributed by atoms with Gasteiger partial charge in [0, 0.05) is 32.8 Å². The molecule has 0 atom stereocenters. The molecule has 0 radical (unpaired) electrons. The topological polar surface area (TPSA) is 118 Å². The number of benzene rings is 6. The fourth-order valence-corrected chi connectivity index (χ4v) is 8.74. The Labute approximate surface area is 382 Å². The summed E-state index contributed by atoms with van der Waals surface area (Å²) in [6.07, 6.45) is 0.433. The Morgan fingerprint density at radius 2 is 0.621 bits per heavy atom. The maximum absolute atomic E-state index is 13.9. The molecule has 0 N–H and O–H groups in total. The van der Waals surface area contributed by atoms with Crippen molar-refractivity contribution in [2.75, 3.05) is 0 Å². The Balaban J connectivity index is 0.852. The van der Waals surface area contributed by atoms with Crippen molar-refractivity contribution in [3.63, 3.8) is 0 Å². The smallest absolute Gasteiger partial charge is 0.314 e. The average Bonchev–Trinajstić information content (AvgIpc) is 3.33. The van der Waals surface area contributed by atoms with Gasteiger partial charge in [0.15, 0.2) is 0 Å². The van der Waals surface area contributed by atoms with Gasteiger partial charge in [-0.15, -0.1) is 0 Å². The van der Waals surface area contributed by atoms with E-state index in [1.165, 1.54) is 0 Å². The van der Waals surface area contributed by atoms with Gasteiger partial charge in [0.1, 0.15) is 17.2 Å². The molecule has 324 valence electrons. The van der Waals surface area contributed by atoms with Gasteiger partial charge in [0.2, 0.25) is 0 Å². The second kappa shape index (κ2) is 17.9. The zero-order chi connectivity index (χ0) is 45.3. The van der Waals surface area contributed by atoms with E-state index in [0.29, 0.717) is 17.2 Å². The number of aryl methyl sites for hydroxylation is 3. The fraction of sp³-hybridized carbons (Fsp3) is 0.158. The van der Waals surface area contributed by atoms with Crippen LogP contribution in [0.2, 0.25) is 0 Å². The molecule has 1 aliphatic carbocycles. The molecule has 0 amide bonds. The quantitative estimate of drug-likeness (QED) is 0.103. The van der Waals surface area contributed by atoms with E-state index in [1.807, 2.05) is 112 Å². The standard InChI is InChI=1S/C57H45N3O6/c1-34-4-7-40-16-25-49(58-52(40)28-34)37-10-19-46(20-11-37)64-55(61)43-31-44(56(62)65-47-21-12-38(13-22-47)50-26-17-41-8-5-35(2)29-53(41)59-50)33-45(32-43)57(63)66-48-23-14-39(15-24-48)51-27-18-42-9-6-36(3)30-54(42)60-51/h4-30,43-45H,31-33H2,1-3H3. The van der Waals surface area contributed by atoms with Gasteiger partial charge < -0.3 is 14.2 Å². The minimum Gasteiger partial charge on any atom is -0.426 e. The van der Waals surface area contributed by atoms with E-state index in [1.54, 1.807) is 36.4 Å². The summed E-state index contributed by atoms with van der Waals surface area (Å²) in [7, 11) is 0. The zero-order valence-corrected chi connectivity index (χ0v) is 36.7. The summed E-state index contributed by atoms with van der Waals surface area (Å²) in [5.74, 6) is -2.94. The molecule has 9 aromatic rings. The maximum Gasteiger partial charge on any atom is 0.314 e. The highest BCUT2D eigenvalue weighted by Crippen LogP contribution is 2.38. The minimum absolute atomic E-state index is 0.144. The number of ether oxygens (including phenoxy) is 3. The summed E-state index contributed by atoms with van der Waals surface area (Å²) in [5.41, 5.74) is 11.1. The first-order valence-electron chi connectivity index (χ1n) is 22.2. The van der Waals surface area contributed by atoms with Crippen LogP contribution in [0.1, 0.15) is 36.0 Å². The summed E-state index contributed by atoms with van der Waals surface area (Å²) >= 11 is 0. The first-order chi connectivity index (χ1) is 32.1. The van der Waals surface area contributed by atoms with E-state index in [-0.39, 0.29) is 19.3 Å². The Morgan fingerprint density at radius 1 is 0.364 bits per heavy atom. The van der Waals surface area contributed by atoms with Crippen molar-refractivity contribution in [2.45, 2.75) is 40.0 Å². The number of carbonyl (C=O) groups excluding carboxylic acids is 3. The molecule has 0 aliphatic heterocycles. The number of nitrogens with zero attached hydrogens (tertiary/aromatic N) is 3. The van der Waals surface area contributed by atoms with Crippen molar-refractivity contribution in [3.8, 4) is 51.0 Å². The third kappa shape index (κ3) is 9.14. The maximum atomic E-state index is 13.9. The van der Waals surface area contributed by atoms with E-state index in [0.717, 1.165) is 83.2 Å². The molecule has 0 spiro atoms. The molecule has 3 heterocycles. The van der Waals surface area contributed by atoms with Crippen molar-refractivity contribution in [2.24, 2.45) is 17.8 Å². The highest BCUT2D eigenvalue weighted by molar-refractivity contribution is 5.86. The first-order valence-corrected chi connectivity index (χ1v) is 22.2. The van der Waals surface area contributed by atoms with Crippen molar-refractivity contribution < 1.29 is 28.6 Å². The molecular formula is C57H45N3O6. The lowest BCUT2D eigenvalue weighted by atomic mass is 9.75. The lowest BCUT2D eigenvalue weighted by Crippen LogP contribution is -2.39. The number of hydrogen-bond acceptors (Lipinski definition) is 9. The van der Waals surface area contributed by atoms with Gasteiger partial charge in [-0.25, -0.2) is 15.0 Å². The lowest BCUT2D eigenvalue weighted by Gasteiger charge is -2.31. The van der Waals surface area contributed by atoms with Gasteiger partial charge in [-0.1, -0.05) is 54.6 Å². The Morgan fingerprint density at radius 3 is 0.894 bits per heavy atom. The molecule has 6 aromatic carbocycles. The average molecular weight is 868 g/mol. The summed E-state index contributed by atoms with van der Waals surface area (Å²) < 4.78 is 17.8. The van der Waals surface area contributed by atoms with E-state index < -0.39 is 35.7 Å². The van der Waals surface area contributed by atoms with Crippen LogP contribution in [0, 0.1) is 38.5 Å². The molecule has 66 heavy (non-hydrogen) atoms. The largest absolute Gasteiger partial charge is 0.426 e. The number of esters is 3. The number of aromatic nitrogens is 3. The molecule has 9 nitrogen and oxygen atoms in total. The minimum atomic E-state index is -0.783. The fourth-order valence-electron chi connectivity index (χ4n) is 8.74. The van der Waals surface area contributed by atoms with Crippen molar-refractivity contribution >= 4 is 50.6 Å².